The number of aromatic carboxylic acids is 1. The highest BCUT2D eigenvalue weighted by molar-refractivity contribution is 7.53. The van der Waals surface area contributed by atoms with Gasteiger partial charge in [-0.25, -0.2) is 4.79 Å². The van der Waals surface area contributed by atoms with Gasteiger partial charge in [0.05, 0.1) is 10.7 Å². The van der Waals surface area contributed by atoms with Gasteiger partial charge in [0.15, 0.2) is 5.78 Å². The second-order valence-corrected chi connectivity index (χ2v) is 7.59. The number of hydrogen-bond donors (Lipinski definition) is 3. The number of ketones is 1. The smallest absolute Gasteiger partial charge is 0.335 e. The van der Waals surface area contributed by atoms with Crippen LogP contribution >= 0.6 is 7.60 Å². The maximum absolute atomic E-state index is 10.8. The topological polar surface area (TPSA) is 112 Å². The van der Waals surface area contributed by atoms with Crippen molar-refractivity contribution in [3.8, 4) is 0 Å². The molecule has 3 N–H and O–H groups in total. The van der Waals surface area contributed by atoms with Crippen molar-refractivity contribution in [2.24, 2.45) is 0 Å². The molecule has 0 saturated carbocycles. The zero-order chi connectivity index (χ0) is 16.1. The Balaban J connectivity index is 0.000000396. The molecule has 20 heavy (non-hydrogen) atoms. The molecule has 112 valence electrons. The maximum Gasteiger partial charge on any atom is 0.335 e. The fourth-order valence-corrected chi connectivity index (χ4v) is 0.871. The van der Waals surface area contributed by atoms with Gasteiger partial charge in [0.1, 0.15) is 0 Å². The van der Waals surface area contributed by atoms with Crippen LogP contribution in [0, 0.1) is 0 Å². The van der Waals surface area contributed by atoms with Gasteiger partial charge in [0.2, 0.25) is 0 Å². The van der Waals surface area contributed by atoms with Crippen LogP contribution in [-0.4, -0.2) is 31.8 Å². The van der Waals surface area contributed by atoms with Crippen molar-refractivity contribution in [3.05, 3.63) is 35.4 Å². The number of carboxylic acids is 1. The number of hydrogen-bond acceptors (Lipinski definition) is 3. The molecule has 1 rings (SSSR count). The molecule has 0 saturated heterocycles. The Hall–Kier alpha value is -1.49. The van der Waals surface area contributed by atoms with Crippen molar-refractivity contribution in [3.63, 3.8) is 0 Å². The van der Waals surface area contributed by atoms with Gasteiger partial charge in [-0.1, -0.05) is 12.1 Å². The quantitative estimate of drug-likeness (QED) is 0.571. The minimum atomic E-state index is -3.85. The van der Waals surface area contributed by atoms with E-state index < -0.39 is 18.7 Å². The fraction of sp³-hybridized carbons (Fsp3) is 0.385. The summed E-state index contributed by atoms with van der Waals surface area (Å²) in [6, 6.07) is 5.97. The van der Waals surface area contributed by atoms with Crippen LogP contribution in [0.15, 0.2) is 24.3 Å². The summed E-state index contributed by atoms with van der Waals surface area (Å²) in [6.07, 6.45) is 0. The number of carbonyl (C=O) groups is 2. The van der Waals surface area contributed by atoms with Crippen LogP contribution in [0.1, 0.15) is 48.4 Å². The molecule has 7 heteroatoms. The molecule has 0 aliphatic carbocycles. The van der Waals surface area contributed by atoms with Crippen molar-refractivity contribution >= 4 is 19.3 Å². The zero-order valence-electron chi connectivity index (χ0n) is 11.8. The minimum absolute atomic E-state index is 0.127. The van der Waals surface area contributed by atoms with Crippen LogP contribution in [0.3, 0.4) is 0 Å². The van der Waals surface area contributed by atoms with E-state index in [4.69, 9.17) is 14.9 Å². The van der Waals surface area contributed by atoms with Crippen molar-refractivity contribution < 1.29 is 29.0 Å². The second-order valence-electron chi connectivity index (χ2n) is 5.16. The molecule has 0 aliphatic rings. The lowest BCUT2D eigenvalue weighted by molar-refractivity contribution is 0.0697. The molecular weight excluding hydrogens is 283 g/mol. The SMILES string of the molecule is CC(=O)c1cccc(C(=O)O)c1.CC(C)(C)P(=O)(O)O. The molecule has 0 unspecified atom stereocenters. The Morgan fingerprint density at radius 3 is 1.80 bits per heavy atom. The van der Waals surface area contributed by atoms with Crippen molar-refractivity contribution in [1.29, 1.82) is 0 Å². The standard InChI is InChI=1S/C9H8O3.C4H11O3P/c1-6(10)7-3-2-4-8(5-7)9(11)12;1-4(2,3)8(5,6)7/h2-5H,1H3,(H,11,12);1-3H3,(H2,5,6,7). The lowest BCUT2D eigenvalue weighted by atomic mass is 10.1. The molecule has 0 amide bonds. The summed E-state index contributed by atoms with van der Waals surface area (Å²) in [5.74, 6) is -1.14. The molecular formula is C13H19O6P. The van der Waals surface area contributed by atoms with Gasteiger partial charge in [-0.05, 0) is 39.8 Å². The van der Waals surface area contributed by atoms with Crippen LogP contribution in [-0.2, 0) is 4.57 Å². The maximum atomic E-state index is 10.8. The summed E-state index contributed by atoms with van der Waals surface area (Å²) in [5, 5.41) is 7.68. The number of carbonyl (C=O) groups excluding carboxylic acids is 1. The third-order valence-corrected chi connectivity index (χ3v) is 4.14. The van der Waals surface area contributed by atoms with E-state index in [0.717, 1.165) is 0 Å². The number of rotatable bonds is 2. The molecule has 0 heterocycles. The summed E-state index contributed by atoms with van der Waals surface area (Å²) in [6.45, 7) is 5.93. The highest BCUT2D eigenvalue weighted by Gasteiger charge is 2.31. The average molecular weight is 302 g/mol. The van der Waals surface area contributed by atoms with E-state index in [0.29, 0.717) is 5.56 Å². The predicted octanol–water partition coefficient (Wildman–Crippen LogP) is 2.55. The van der Waals surface area contributed by atoms with Gasteiger partial charge in [0, 0.05) is 5.56 Å². The van der Waals surface area contributed by atoms with Crippen molar-refractivity contribution in [2.75, 3.05) is 0 Å². The molecule has 0 spiro atoms. The lowest BCUT2D eigenvalue weighted by Gasteiger charge is -2.18. The summed E-state index contributed by atoms with van der Waals surface area (Å²) in [7, 11) is -3.85. The van der Waals surface area contributed by atoms with E-state index in [2.05, 4.69) is 0 Å². The predicted molar refractivity (Wildman–Crippen MR) is 75.2 cm³/mol. The van der Waals surface area contributed by atoms with Gasteiger partial charge in [-0.3, -0.25) is 9.36 Å². The molecule has 0 atom stereocenters. The molecule has 0 fully saturated rings. The number of carboxylic acid groups (broad SMARTS) is 1. The zero-order valence-corrected chi connectivity index (χ0v) is 12.7. The third kappa shape index (κ3) is 6.10. The monoisotopic (exact) mass is 302 g/mol. The van der Waals surface area contributed by atoms with Gasteiger partial charge in [0.25, 0.3) is 0 Å². The molecule has 6 nitrogen and oxygen atoms in total. The van der Waals surface area contributed by atoms with Crippen LogP contribution < -0.4 is 0 Å². The van der Waals surface area contributed by atoms with E-state index in [1.807, 2.05) is 0 Å². The number of Topliss-reactive ketones (excluding diaryl/α,β-unsaturated/α-hetero) is 1. The highest BCUT2D eigenvalue weighted by Crippen LogP contribution is 2.49. The van der Waals surface area contributed by atoms with Crippen molar-refractivity contribution in [1.82, 2.24) is 0 Å². The third-order valence-electron chi connectivity index (χ3n) is 2.39. The Morgan fingerprint density at radius 2 is 1.50 bits per heavy atom. The Labute approximate surface area is 117 Å². The molecule has 1 aromatic carbocycles. The molecule has 0 aliphatic heterocycles. The molecule has 1 aromatic rings. The Kier molecular flexibility index (Phi) is 6.29. The molecule has 0 aromatic heterocycles. The van der Waals surface area contributed by atoms with Gasteiger partial charge in [-0.2, -0.15) is 0 Å². The first-order chi connectivity index (χ1) is 8.86. The van der Waals surface area contributed by atoms with Gasteiger partial charge >= 0.3 is 13.6 Å². The average Bonchev–Trinajstić information content (AvgIpc) is 2.27. The Bertz CT molecular complexity index is 509. The highest BCUT2D eigenvalue weighted by atomic mass is 31.2. The fourth-order valence-electron chi connectivity index (χ4n) is 0.871. The Morgan fingerprint density at radius 1 is 1.10 bits per heavy atom. The van der Waals surface area contributed by atoms with E-state index in [1.165, 1.54) is 39.8 Å². The lowest BCUT2D eigenvalue weighted by Crippen LogP contribution is -2.13. The first kappa shape index (κ1) is 18.5. The van der Waals surface area contributed by atoms with Crippen LogP contribution in [0.4, 0.5) is 0 Å². The summed E-state index contributed by atoms with van der Waals surface area (Å²) in [5.41, 5.74) is 0.567. The number of benzene rings is 1. The largest absolute Gasteiger partial charge is 0.478 e. The second kappa shape index (κ2) is 6.79. The summed E-state index contributed by atoms with van der Waals surface area (Å²) in [4.78, 5) is 38.2. The summed E-state index contributed by atoms with van der Waals surface area (Å²) < 4.78 is 10.3. The van der Waals surface area contributed by atoms with Crippen LogP contribution in [0.5, 0.6) is 0 Å². The first-order valence-electron chi connectivity index (χ1n) is 5.76. The van der Waals surface area contributed by atoms with Crippen LogP contribution in [0.25, 0.3) is 0 Å². The van der Waals surface area contributed by atoms with Crippen LogP contribution in [0.2, 0.25) is 0 Å². The first-order valence-corrected chi connectivity index (χ1v) is 7.37. The van der Waals surface area contributed by atoms with E-state index in [-0.39, 0.29) is 11.3 Å². The van der Waals surface area contributed by atoms with Gasteiger partial charge in [-0.15, -0.1) is 0 Å². The van der Waals surface area contributed by atoms with E-state index in [9.17, 15) is 14.2 Å². The molecule has 0 bridgehead atoms. The van der Waals surface area contributed by atoms with Crippen molar-refractivity contribution in [2.45, 2.75) is 32.9 Å². The van der Waals surface area contributed by atoms with E-state index in [1.54, 1.807) is 12.1 Å². The normalized spacial score (nSPS) is 11.3. The van der Waals surface area contributed by atoms with E-state index >= 15 is 0 Å². The minimum Gasteiger partial charge on any atom is -0.478 e. The van der Waals surface area contributed by atoms with Gasteiger partial charge < -0.3 is 14.9 Å². The molecule has 0 radical (unpaired) electrons. The summed E-state index contributed by atoms with van der Waals surface area (Å²) >= 11 is 0.